The fourth-order valence-electron chi connectivity index (χ4n) is 4.81. The minimum Gasteiger partial charge on any atom is -0.378 e. The lowest BCUT2D eigenvalue weighted by Crippen LogP contribution is -2.51. The Morgan fingerprint density at radius 1 is 1.03 bits per heavy atom. The number of hydrogen-bond acceptors (Lipinski definition) is 5. The second-order valence-corrected chi connectivity index (χ2v) is 8.49. The Morgan fingerprint density at radius 2 is 1.79 bits per heavy atom. The van der Waals surface area contributed by atoms with Crippen molar-refractivity contribution >= 4 is 11.8 Å². The third kappa shape index (κ3) is 5.17. The fraction of sp³-hybridized carbons (Fsp3) is 0.762. The average molecular weight is 405 g/mol. The molecule has 0 bridgehead atoms. The molecule has 2 amide bonds. The second-order valence-electron chi connectivity index (χ2n) is 8.49. The standard InChI is InChI=1S/C21H32N4O4/c26-19(2-8-25-7-1-6-22-25)23-9-4-21(5-10-23)17-18(3-13-29-21)16-20(27)24-11-14-28-15-12-24/h1,6-7,18H,2-5,8-17H2. The summed E-state index contributed by atoms with van der Waals surface area (Å²) >= 11 is 0. The van der Waals surface area contributed by atoms with E-state index in [4.69, 9.17) is 9.47 Å². The zero-order valence-corrected chi connectivity index (χ0v) is 17.1. The lowest BCUT2D eigenvalue weighted by molar-refractivity contribution is -0.151. The molecule has 0 N–H and O–H groups in total. The molecule has 3 aliphatic rings. The average Bonchev–Trinajstić information content (AvgIpc) is 3.27. The first-order chi connectivity index (χ1) is 14.1. The van der Waals surface area contributed by atoms with Crippen molar-refractivity contribution < 1.29 is 19.1 Å². The van der Waals surface area contributed by atoms with Crippen molar-refractivity contribution in [3.8, 4) is 0 Å². The molecule has 8 heteroatoms. The molecule has 1 aromatic rings. The van der Waals surface area contributed by atoms with Gasteiger partial charge in [0, 0.05) is 64.6 Å². The van der Waals surface area contributed by atoms with Gasteiger partial charge in [-0.25, -0.2) is 0 Å². The van der Waals surface area contributed by atoms with Gasteiger partial charge in [-0.2, -0.15) is 5.10 Å². The highest BCUT2D eigenvalue weighted by Gasteiger charge is 2.41. The van der Waals surface area contributed by atoms with Gasteiger partial charge < -0.3 is 19.3 Å². The van der Waals surface area contributed by atoms with Gasteiger partial charge in [0.15, 0.2) is 0 Å². The van der Waals surface area contributed by atoms with E-state index < -0.39 is 0 Å². The lowest BCUT2D eigenvalue weighted by Gasteiger charge is -2.46. The maximum atomic E-state index is 12.6. The molecule has 4 rings (SSSR count). The number of piperidine rings is 1. The maximum absolute atomic E-state index is 12.6. The summed E-state index contributed by atoms with van der Waals surface area (Å²) in [7, 11) is 0. The Bertz CT molecular complexity index is 679. The van der Waals surface area contributed by atoms with Gasteiger partial charge in [-0.05, 0) is 37.7 Å². The predicted octanol–water partition coefficient (Wildman–Crippen LogP) is 1.31. The molecular weight excluding hydrogens is 372 g/mol. The van der Waals surface area contributed by atoms with Crippen LogP contribution in [0, 0.1) is 5.92 Å². The van der Waals surface area contributed by atoms with Crippen LogP contribution >= 0.6 is 0 Å². The van der Waals surface area contributed by atoms with Crippen LogP contribution in [0.5, 0.6) is 0 Å². The minimum atomic E-state index is -0.160. The predicted molar refractivity (Wildman–Crippen MR) is 106 cm³/mol. The van der Waals surface area contributed by atoms with Crippen LogP contribution in [0.2, 0.25) is 0 Å². The molecule has 1 unspecified atom stereocenters. The fourth-order valence-corrected chi connectivity index (χ4v) is 4.81. The number of rotatable bonds is 5. The zero-order chi connectivity index (χ0) is 20.1. The molecule has 160 valence electrons. The summed E-state index contributed by atoms with van der Waals surface area (Å²) in [5, 5.41) is 4.16. The Balaban J connectivity index is 1.24. The number of morpholine rings is 1. The van der Waals surface area contributed by atoms with Gasteiger partial charge in [0.25, 0.3) is 0 Å². The van der Waals surface area contributed by atoms with Crippen molar-refractivity contribution in [2.45, 2.75) is 50.7 Å². The largest absolute Gasteiger partial charge is 0.378 e. The molecule has 0 aliphatic carbocycles. The van der Waals surface area contributed by atoms with E-state index in [9.17, 15) is 9.59 Å². The number of carbonyl (C=O) groups excluding carboxylic acids is 2. The van der Waals surface area contributed by atoms with Gasteiger partial charge in [-0.15, -0.1) is 0 Å². The topological polar surface area (TPSA) is 76.9 Å². The van der Waals surface area contributed by atoms with Crippen molar-refractivity contribution in [3.05, 3.63) is 18.5 Å². The number of likely N-dealkylation sites (tertiary alicyclic amines) is 1. The second kappa shape index (κ2) is 9.26. The highest BCUT2D eigenvalue weighted by atomic mass is 16.5. The quantitative estimate of drug-likeness (QED) is 0.740. The molecule has 8 nitrogen and oxygen atoms in total. The minimum absolute atomic E-state index is 0.160. The number of nitrogens with zero attached hydrogens (tertiary/aromatic N) is 4. The summed E-state index contributed by atoms with van der Waals surface area (Å²) in [5.41, 5.74) is -0.160. The van der Waals surface area contributed by atoms with E-state index in [-0.39, 0.29) is 17.4 Å². The van der Waals surface area contributed by atoms with Crippen LogP contribution in [0.1, 0.15) is 38.5 Å². The van der Waals surface area contributed by atoms with Gasteiger partial charge in [0.2, 0.25) is 11.8 Å². The van der Waals surface area contributed by atoms with Crippen LogP contribution in [-0.2, 0) is 25.6 Å². The first kappa shape index (κ1) is 20.3. The maximum Gasteiger partial charge on any atom is 0.224 e. The van der Waals surface area contributed by atoms with E-state index in [0.717, 1.165) is 38.8 Å². The first-order valence-corrected chi connectivity index (χ1v) is 10.9. The number of aryl methyl sites for hydroxylation is 1. The Hall–Kier alpha value is -1.93. The molecule has 3 saturated heterocycles. The Kier molecular flexibility index (Phi) is 6.50. The molecule has 0 aromatic carbocycles. The monoisotopic (exact) mass is 404 g/mol. The van der Waals surface area contributed by atoms with Crippen LogP contribution < -0.4 is 0 Å². The Morgan fingerprint density at radius 3 is 2.52 bits per heavy atom. The van der Waals surface area contributed by atoms with E-state index in [2.05, 4.69) is 5.10 Å². The van der Waals surface area contributed by atoms with E-state index in [1.54, 1.807) is 10.9 Å². The van der Waals surface area contributed by atoms with Crippen molar-refractivity contribution in [3.63, 3.8) is 0 Å². The van der Waals surface area contributed by atoms with Crippen LogP contribution in [0.25, 0.3) is 0 Å². The van der Waals surface area contributed by atoms with Crippen molar-refractivity contribution in [1.82, 2.24) is 19.6 Å². The van der Waals surface area contributed by atoms with Crippen LogP contribution in [0.4, 0.5) is 0 Å². The molecule has 3 fully saturated rings. The smallest absolute Gasteiger partial charge is 0.224 e. The van der Waals surface area contributed by atoms with Gasteiger partial charge in [0.05, 0.1) is 18.8 Å². The van der Waals surface area contributed by atoms with Crippen molar-refractivity contribution in [1.29, 1.82) is 0 Å². The summed E-state index contributed by atoms with van der Waals surface area (Å²) in [6, 6.07) is 1.87. The number of amides is 2. The summed E-state index contributed by atoms with van der Waals surface area (Å²) < 4.78 is 13.4. The number of aromatic nitrogens is 2. The normalized spacial score (nSPS) is 24.6. The summed E-state index contributed by atoms with van der Waals surface area (Å²) in [6.45, 7) is 5.53. The van der Waals surface area contributed by atoms with Gasteiger partial charge >= 0.3 is 0 Å². The van der Waals surface area contributed by atoms with E-state index in [1.165, 1.54) is 0 Å². The highest BCUT2D eigenvalue weighted by molar-refractivity contribution is 5.77. The van der Waals surface area contributed by atoms with E-state index in [1.807, 2.05) is 22.1 Å². The molecule has 0 saturated carbocycles. The molecule has 3 aliphatic heterocycles. The first-order valence-electron chi connectivity index (χ1n) is 10.9. The van der Waals surface area contributed by atoms with Crippen LogP contribution in [0.15, 0.2) is 18.5 Å². The van der Waals surface area contributed by atoms with Crippen LogP contribution in [0.3, 0.4) is 0 Å². The Labute approximate surface area is 172 Å². The lowest BCUT2D eigenvalue weighted by atomic mass is 9.78. The van der Waals surface area contributed by atoms with Gasteiger partial charge in [-0.1, -0.05) is 0 Å². The van der Waals surface area contributed by atoms with Crippen molar-refractivity contribution in [2.75, 3.05) is 46.0 Å². The number of ether oxygens (including phenoxy) is 2. The highest BCUT2D eigenvalue weighted by Crippen LogP contribution is 2.39. The van der Waals surface area contributed by atoms with E-state index in [0.29, 0.717) is 58.2 Å². The molecule has 0 radical (unpaired) electrons. The van der Waals surface area contributed by atoms with E-state index >= 15 is 0 Å². The van der Waals surface area contributed by atoms with Crippen molar-refractivity contribution in [2.24, 2.45) is 5.92 Å². The number of hydrogen-bond donors (Lipinski definition) is 0. The third-order valence-electron chi connectivity index (χ3n) is 6.56. The molecule has 29 heavy (non-hydrogen) atoms. The molecule has 4 heterocycles. The van der Waals surface area contributed by atoms with Gasteiger partial charge in [-0.3, -0.25) is 14.3 Å². The van der Waals surface area contributed by atoms with Gasteiger partial charge in [0.1, 0.15) is 0 Å². The molecule has 1 spiro atoms. The number of carbonyl (C=O) groups is 2. The van der Waals surface area contributed by atoms with Crippen LogP contribution in [-0.4, -0.2) is 83.0 Å². The third-order valence-corrected chi connectivity index (χ3v) is 6.56. The molecule has 1 atom stereocenters. The zero-order valence-electron chi connectivity index (χ0n) is 17.1. The SMILES string of the molecule is O=C(CCn1cccn1)N1CCC2(CC1)CC(CC(=O)N1CCOCC1)CCO2. The summed E-state index contributed by atoms with van der Waals surface area (Å²) in [6.07, 6.45) is 8.31. The summed E-state index contributed by atoms with van der Waals surface area (Å²) in [5.74, 6) is 0.813. The molecular formula is C21H32N4O4. The summed E-state index contributed by atoms with van der Waals surface area (Å²) in [4.78, 5) is 29.0. The molecule has 1 aromatic heterocycles.